The number of hydrogen-bond donors (Lipinski definition) is 2. The lowest BCUT2D eigenvalue weighted by Gasteiger charge is -2.11. The third kappa shape index (κ3) is 3.05. The van der Waals surface area contributed by atoms with Crippen molar-refractivity contribution in [2.24, 2.45) is 0 Å². The lowest BCUT2D eigenvalue weighted by molar-refractivity contribution is 0.0602. The lowest BCUT2D eigenvalue weighted by Crippen LogP contribution is -2.11. The number of rotatable bonds is 5. The Morgan fingerprint density at radius 3 is 2.95 bits per heavy atom. The Bertz CT molecular complexity index is 609. The van der Waals surface area contributed by atoms with Gasteiger partial charge in [-0.25, -0.2) is 4.79 Å². The molecule has 1 aromatic heterocycles. The molecular formula is C13H16N4O3. The van der Waals surface area contributed by atoms with Crippen molar-refractivity contribution in [3.63, 3.8) is 0 Å². The monoisotopic (exact) mass is 276 g/mol. The van der Waals surface area contributed by atoms with E-state index < -0.39 is 5.97 Å². The summed E-state index contributed by atoms with van der Waals surface area (Å²) in [4.78, 5) is 15.6. The van der Waals surface area contributed by atoms with Crippen LogP contribution in [0, 0.1) is 6.92 Å². The van der Waals surface area contributed by atoms with Crippen molar-refractivity contribution in [3.05, 3.63) is 35.5 Å². The number of nitrogens with zero attached hydrogens (tertiary/aromatic N) is 2. The molecule has 0 bridgehead atoms. The Morgan fingerprint density at radius 1 is 1.50 bits per heavy atom. The number of nitrogen functional groups attached to an aromatic ring is 1. The molecule has 0 saturated carbocycles. The van der Waals surface area contributed by atoms with Crippen LogP contribution in [-0.2, 0) is 11.2 Å². The van der Waals surface area contributed by atoms with E-state index >= 15 is 0 Å². The molecule has 2 rings (SSSR count). The largest absolute Gasteiger partial charge is 0.465 e. The summed E-state index contributed by atoms with van der Waals surface area (Å²) >= 11 is 0. The van der Waals surface area contributed by atoms with Crippen molar-refractivity contribution in [1.29, 1.82) is 0 Å². The van der Waals surface area contributed by atoms with Crippen LogP contribution in [0.25, 0.3) is 0 Å². The molecule has 0 fully saturated rings. The van der Waals surface area contributed by atoms with Crippen molar-refractivity contribution in [1.82, 2.24) is 10.1 Å². The van der Waals surface area contributed by atoms with Gasteiger partial charge in [-0.2, -0.15) is 4.98 Å². The van der Waals surface area contributed by atoms with Gasteiger partial charge in [0.1, 0.15) is 0 Å². The second-order valence-corrected chi connectivity index (χ2v) is 4.17. The summed E-state index contributed by atoms with van der Waals surface area (Å²) in [7, 11) is 1.32. The summed E-state index contributed by atoms with van der Waals surface area (Å²) in [5.41, 5.74) is 7.30. The highest BCUT2D eigenvalue weighted by Gasteiger charge is 2.12. The molecular weight excluding hydrogens is 260 g/mol. The highest BCUT2D eigenvalue weighted by atomic mass is 16.5. The molecule has 0 atom stereocenters. The van der Waals surface area contributed by atoms with Gasteiger partial charge in [-0.1, -0.05) is 11.2 Å². The number of ether oxygens (including phenoxy) is 1. The Labute approximate surface area is 116 Å². The van der Waals surface area contributed by atoms with Crippen LogP contribution in [-0.4, -0.2) is 29.8 Å². The predicted molar refractivity (Wildman–Crippen MR) is 73.4 cm³/mol. The normalized spacial score (nSPS) is 10.3. The topological polar surface area (TPSA) is 103 Å². The molecule has 1 aromatic carbocycles. The van der Waals surface area contributed by atoms with Crippen LogP contribution in [0.1, 0.15) is 22.1 Å². The van der Waals surface area contributed by atoms with Gasteiger partial charge < -0.3 is 20.3 Å². The molecule has 20 heavy (non-hydrogen) atoms. The summed E-state index contributed by atoms with van der Waals surface area (Å²) in [6.45, 7) is 2.33. The second-order valence-electron chi connectivity index (χ2n) is 4.17. The van der Waals surface area contributed by atoms with Gasteiger partial charge in [-0.05, 0) is 19.1 Å². The van der Waals surface area contributed by atoms with Crippen LogP contribution in [0.2, 0.25) is 0 Å². The molecule has 3 N–H and O–H groups in total. The van der Waals surface area contributed by atoms with Gasteiger partial charge in [0.15, 0.2) is 5.82 Å². The smallest absolute Gasteiger partial charge is 0.340 e. The summed E-state index contributed by atoms with van der Waals surface area (Å²) in [5, 5.41) is 6.84. The Balaban J connectivity index is 2.01. The molecule has 0 amide bonds. The second kappa shape index (κ2) is 6.05. The van der Waals surface area contributed by atoms with Gasteiger partial charge in [-0.3, -0.25) is 0 Å². The Kier molecular flexibility index (Phi) is 4.19. The van der Waals surface area contributed by atoms with Crippen LogP contribution < -0.4 is 11.1 Å². The molecule has 7 heteroatoms. The fourth-order valence-corrected chi connectivity index (χ4v) is 1.75. The first-order valence-electron chi connectivity index (χ1n) is 6.11. The molecule has 1 heterocycles. The van der Waals surface area contributed by atoms with Gasteiger partial charge in [0.05, 0.1) is 24.0 Å². The zero-order valence-corrected chi connectivity index (χ0v) is 11.3. The van der Waals surface area contributed by atoms with E-state index in [9.17, 15) is 4.79 Å². The minimum atomic E-state index is -0.460. The van der Waals surface area contributed by atoms with Gasteiger partial charge >= 0.3 is 5.97 Å². The number of nitrogens with one attached hydrogen (secondary N) is 1. The number of aromatic nitrogens is 2. The Hall–Kier alpha value is -2.57. The molecule has 2 aromatic rings. The molecule has 106 valence electrons. The molecule has 7 nitrogen and oxygen atoms in total. The van der Waals surface area contributed by atoms with E-state index in [2.05, 4.69) is 20.2 Å². The number of methoxy groups -OCH3 is 1. The van der Waals surface area contributed by atoms with Gasteiger partial charge in [-0.15, -0.1) is 0 Å². The van der Waals surface area contributed by atoms with Crippen LogP contribution in [0.5, 0.6) is 0 Å². The van der Waals surface area contributed by atoms with Gasteiger partial charge in [0, 0.05) is 13.0 Å². The highest BCUT2D eigenvalue weighted by molar-refractivity contribution is 5.98. The number of benzene rings is 1. The maximum atomic E-state index is 11.5. The van der Waals surface area contributed by atoms with Gasteiger partial charge in [0.2, 0.25) is 5.89 Å². The lowest BCUT2D eigenvalue weighted by atomic mass is 10.1. The first-order chi connectivity index (χ1) is 9.61. The Morgan fingerprint density at radius 2 is 2.30 bits per heavy atom. The standard InChI is InChI=1S/C13H16N4O3/c1-8-16-11(20-17-8)6-7-15-10-5-3-4-9(12(10)14)13(18)19-2/h3-5,15H,6-7,14H2,1-2H3. The number of hydrogen-bond acceptors (Lipinski definition) is 7. The maximum absolute atomic E-state index is 11.5. The van der Waals surface area contributed by atoms with E-state index in [1.54, 1.807) is 25.1 Å². The number of carbonyl (C=O) groups excluding carboxylic acids is 1. The van der Waals surface area contributed by atoms with Crippen LogP contribution in [0.3, 0.4) is 0 Å². The van der Waals surface area contributed by atoms with Crippen LogP contribution in [0.15, 0.2) is 22.7 Å². The zero-order valence-electron chi connectivity index (χ0n) is 11.3. The summed E-state index contributed by atoms with van der Waals surface area (Å²) in [5.74, 6) is 0.698. The molecule has 0 saturated heterocycles. The fourth-order valence-electron chi connectivity index (χ4n) is 1.75. The van der Waals surface area contributed by atoms with Crippen LogP contribution >= 0.6 is 0 Å². The summed E-state index contributed by atoms with van der Waals surface area (Å²) in [6.07, 6.45) is 0.572. The van der Waals surface area contributed by atoms with Gasteiger partial charge in [0.25, 0.3) is 0 Å². The number of nitrogens with two attached hydrogens (primary N) is 1. The highest BCUT2D eigenvalue weighted by Crippen LogP contribution is 2.23. The number of carbonyl (C=O) groups is 1. The summed E-state index contributed by atoms with van der Waals surface area (Å²) < 4.78 is 9.67. The van der Waals surface area contributed by atoms with Crippen molar-refractivity contribution < 1.29 is 14.1 Å². The van der Waals surface area contributed by atoms with E-state index in [0.717, 1.165) is 0 Å². The van der Waals surface area contributed by atoms with Crippen molar-refractivity contribution in [2.45, 2.75) is 13.3 Å². The predicted octanol–water partition coefficient (Wildman–Crippen LogP) is 1.40. The minimum Gasteiger partial charge on any atom is -0.465 e. The van der Waals surface area contributed by atoms with E-state index in [1.165, 1.54) is 7.11 Å². The number of anilines is 2. The molecule has 0 aliphatic rings. The number of esters is 1. The first kappa shape index (κ1) is 13.9. The molecule has 0 aliphatic carbocycles. The van der Waals surface area contributed by atoms with Crippen molar-refractivity contribution >= 4 is 17.3 Å². The summed E-state index contributed by atoms with van der Waals surface area (Å²) in [6, 6.07) is 5.15. The van der Waals surface area contributed by atoms with Crippen LogP contribution in [0.4, 0.5) is 11.4 Å². The van der Waals surface area contributed by atoms with E-state index in [4.69, 9.17) is 10.3 Å². The first-order valence-corrected chi connectivity index (χ1v) is 6.11. The quantitative estimate of drug-likeness (QED) is 0.628. The maximum Gasteiger partial charge on any atom is 0.340 e. The van der Waals surface area contributed by atoms with Crippen molar-refractivity contribution in [2.75, 3.05) is 24.7 Å². The third-order valence-electron chi connectivity index (χ3n) is 2.74. The fraction of sp³-hybridized carbons (Fsp3) is 0.308. The molecule has 0 radical (unpaired) electrons. The van der Waals surface area contributed by atoms with E-state index in [-0.39, 0.29) is 0 Å². The van der Waals surface area contributed by atoms with Crippen molar-refractivity contribution in [3.8, 4) is 0 Å². The average Bonchev–Trinajstić information content (AvgIpc) is 2.85. The molecule has 0 aliphatic heterocycles. The molecule has 0 unspecified atom stereocenters. The third-order valence-corrected chi connectivity index (χ3v) is 2.74. The van der Waals surface area contributed by atoms with E-state index in [1.807, 2.05) is 0 Å². The number of aryl methyl sites for hydroxylation is 1. The average molecular weight is 276 g/mol. The SMILES string of the molecule is COC(=O)c1cccc(NCCc2nc(C)no2)c1N. The van der Waals surface area contributed by atoms with E-state index in [0.29, 0.717) is 41.6 Å². The molecule has 0 spiro atoms. The number of para-hydroxylation sites is 1. The minimum absolute atomic E-state index is 0.339. The zero-order chi connectivity index (χ0) is 14.5.